The lowest BCUT2D eigenvalue weighted by Gasteiger charge is -2.32. The van der Waals surface area contributed by atoms with Crippen LogP contribution in [0.1, 0.15) is 12.8 Å². The molecule has 1 atom stereocenters. The SMILES string of the molecule is CNCC1CCCN(C(=O)COc2cccc([N+](=O)[O-])c2)C1. The molecule has 0 bridgehead atoms. The van der Waals surface area contributed by atoms with Gasteiger partial charge in [-0.05, 0) is 38.4 Å². The van der Waals surface area contributed by atoms with E-state index in [4.69, 9.17) is 4.74 Å². The molecule has 1 aromatic carbocycles. The first-order valence-corrected chi connectivity index (χ1v) is 7.39. The van der Waals surface area contributed by atoms with Crippen LogP contribution in [0.25, 0.3) is 0 Å². The number of nitro groups is 1. The summed E-state index contributed by atoms with van der Waals surface area (Å²) in [6.07, 6.45) is 2.12. The molecule has 0 spiro atoms. The van der Waals surface area contributed by atoms with Crippen molar-refractivity contribution < 1.29 is 14.5 Å². The van der Waals surface area contributed by atoms with Gasteiger partial charge in [-0.2, -0.15) is 0 Å². The summed E-state index contributed by atoms with van der Waals surface area (Å²) in [6, 6.07) is 5.87. The van der Waals surface area contributed by atoms with Crippen LogP contribution in [0.2, 0.25) is 0 Å². The second-order valence-corrected chi connectivity index (χ2v) is 5.45. The molecule has 0 radical (unpaired) electrons. The Hall–Kier alpha value is -2.15. The third-order valence-electron chi connectivity index (χ3n) is 3.76. The number of benzene rings is 1. The summed E-state index contributed by atoms with van der Waals surface area (Å²) < 4.78 is 5.40. The number of nitro benzene ring substituents is 1. The molecule has 1 saturated heterocycles. The maximum absolute atomic E-state index is 12.2. The van der Waals surface area contributed by atoms with Crippen LogP contribution >= 0.6 is 0 Å². The summed E-state index contributed by atoms with van der Waals surface area (Å²) in [5.74, 6) is 0.735. The summed E-state index contributed by atoms with van der Waals surface area (Å²) in [5, 5.41) is 13.8. The van der Waals surface area contributed by atoms with E-state index in [1.54, 1.807) is 12.1 Å². The summed E-state index contributed by atoms with van der Waals surface area (Å²) in [4.78, 5) is 24.2. The lowest BCUT2D eigenvalue weighted by molar-refractivity contribution is -0.384. The molecule has 1 amide bonds. The van der Waals surface area contributed by atoms with E-state index in [9.17, 15) is 14.9 Å². The number of likely N-dealkylation sites (tertiary alicyclic amines) is 1. The summed E-state index contributed by atoms with van der Waals surface area (Å²) in [5.41, 5.74) is -0.0444. The first kappa shape index (κ1) is 16.2. The zero-order valence-corrected chi connectivity index (χ0v) is 12.7. The Bertz CT molecular complexity index is 533. The molecule has 0 saturated carbocycles. The smallest absolute Gasteiger partial charge is 0.273 e. The lowest BCUT2D eigenvalue weighted by Crippen LogP contribution is -2.44. The number of hydrogen-bond acceptors (Lipinski definition) is 5. The van der Waals surface area contributed by atoms with Crippen LogP contribution in [0.3, 0.4) is 0 Å². The van der Waals surface area contributed by atoms with Crippen molar-refractivity contribution >= 4 is 11.6 Å². The van der Waals surface area contributed by atoms with Gasteiger partial charge in [0.2, 0.25) is 0 Å². The molecule has 1 aliphatic rings. The molecule has 0 aromatic heterocycles. The summed E-state index contributed by atoms with van der Waals surface area (Å²) in [7, 11) is 1.91. The van der Waals surface area contributed by atoms with Gasteiger partial charge in [0.25, 0.3) is 11.6 Å². The van der Waals surface area contributed by atoms with Crippen LogP contribution in [-0.4, -0.2) is 49.0 Å². The van der Waals surface area contributed by atoms with Crippen LogP contribution in [0.5, 0.6) is 5.75 Å². The van der Waals surface area contributed by atoms with Gasteiger partial charge in [-0.25, -0.2) is 0 Å². The molecular weight excluding hydrogens is 286 g/mol. The van der Waals surface area contributed by atoms with Gasteiger partial charge in [0.1, 0.15) is 5.75 Å². The monoisotopic (exact) mass is 307 g/mol. The fourth-order valence-electron chi connectivity index (χ4n) is 2.67. The highest BCUT2D eigenvalue weighted by atomic mass is 16.6. The molecule has 1 heterocycles. The van der Waals surface area contributed by atoms with E-state index in [1.807, 2.05) is 11.9 Å². The Morgan fingerprint density at radius 1 is 1.55 bits per heavy atom. The molecule has 1 fully saturated rings. The number of hydrogen-bond donors (Lipinski definition) is 1. The highest BCUT2D eigenvalue weighted by molar-refractivity contribution is 5.77. The zero-order chi connectivity index (χ0) is 15.9. The standard InChI is InChI=1S/C15H21N3O4/c1-16-9-12-4-3-7-17(10-12)15(19)11-22-14-6-2-5-13(8-14)18(20)21/h2,5-6,8,12,16H,3-4,7,9-11H2,1H3. The molecule has 2 rings (SSSR count). The van der Waals surface area contributed by atoms with Gasteiger partial charge in [0.05, 0.1) is 11.0 Å². The number of non-ortho nitro benzene ring substituents is 1. The lowest BCUT2D eigenvalue weighted by atomic mass is 9.98. The molecule has 1 unspecified atom stereocenters. The molecule has 120 valence electrons. The highest BCUT2D eigenvalue weighted by Gasteiger charge is 2.23. The van der Waals surface area contributed by atoms with Gasteiger partial charge in [0.15, 0.2) is 6.61 Å². The first-order chi connectivity index (χ1) is 10.6. The number of rotatable bonds is 6. The number of nitrogens with one attached hydrogen (secondary N) is 1. The minimum atomic E-state index is -0.484. The van der Waals surface area contributed by atoms with Crippen molar-refractivity contribution in [2.75, 3.05) is 33.3 Å². The average molecular weight is 307 g/mol. The summed E-state index contributed by atoms with van der Waals surface area (Å²) in [6.45, 7) is 2.29. The van der Waals surface area contributed by atoms with Gasteiger partial charge in [-0.3, -0.25) is 14.9 Å². The van der Waals surface area contributed by atoms with Crippen molar-refractivity contribution in [3.05, 3.63) is 34.4 Å². The summed E-state index contributed by atoms with van der Waals surface area (Å²) >= 11 is 0. The molecule has 22 heavy (non-hydrogen) atoms. The van der Waals surface area contributed by atoms with Crippen LogP contribution in [0, 0.1) is 16.0 Å². The van der Waals surface area contributed by atoms with E-state index in [2.05, 4.69) is 5.32 Å². The Morgan fingerprint density at radius 2 is 2.36 bits per heavy atom. The molecule has 1 aromatic rings. The van der Waals surface area contributed by atoms with Crippen LogP contribution < -0.4 is 10.1 Å². The van der Waals surface area contributed by atoms with Crippen molar-refractivity contribution in [2.45, 2.75) is 12.8 Å². The third-order valence-corrected chi connectivity index (χ3v) is 3.76. The third kappa shape index (κ3) is 4.42. The quantitative estimate of drug-likeness (QED) is 0.635. The van der Waals surface area contributed by atoms with E-state index in [1.165, 1.54) is 12.1 Å². The maximum Gasteiger partial charge on any atom is 0.273 e. The average Bonchev–Trinajstić information content (AvgIpc) is 2.53. The van der Waals surface area contributed by atoms with Crippen molar-refractivity contribution in [2.24, 2.45) is 5.92 Å². The van der Waals surface area contributed by atoms with Crippen LogP contribution in [-0.2, 0) is 4.79 Å². The molecule has 7 heteroatoms. The number of carbonyl (C=O) groups is 1. The van der Waals surface area contributed by atoms with E-state index in [-0.39, 0.29) is 18.2 Å². The van der Waals surface area contributed by atoms with E-state index in [0.29, 0.717) is 11.7 Å². The number of piperidine rings is 1. The van der Waals surface area contributed by atoms with Crippen molar-refractivity contribution in [1.29, 1.82) is 0 Å². The van der Waals surface area contributed by atoms with Gasteiger partial charge < -0.3 is 15.0 Å². The van der Waals surface area contributed by atoms with E-state index in [0.717, 1.165) is 32.5 Å². The minimum Gasteiger partial charge on any atom is -0.484 e. The van der Waals surface area contributed by atoms with Crippen molar-refractivity contribution in [1.82, 2.24) is 10.2 Å². The molecular formula is C15H21N3O4. The maximum atomic E-state index is 12.2. The Labute approximate surface area is 129 Å². The second-order valence-electron chi connectivity index (χ2n) is 5.45. The number of ether oxygens (including phenoxy) is 1. The second kappa shape index (κ2) is 7.74. The van der Waals surface area contributed by atoms with Gasteiger partial charge in [-0.1, -0.05) is 6.07 Å². The van der Waals surface area contributed by atoms with Gasteiger partial charge in [0, 0.05) is 19.2 Å². The number of carbonyl (C=O) groups excluding carboxylic acids is 1. The predicted octanol–water partition coefficient (Wildman–Crippen LogP) is 1.43. The highest BCUT2D eigenvalue weighted by Crippen LogP contribution is 2.20. The first-order valence-electron chi connectivity index (χ1n) is 7.39. The topological polar surface area (TPSA) is 84.7 Å². The minimum absolute atomic E-state index is 0.0444. The molecule has 1 aliphatic heterocycles. The van der Waals surface area contributed by atoms with E-state index < -0.39 is 4.92 Å². The largest absolute Gasteiger partial charge is 0.484 e. The van der Waals surface area contributed by atoms with E-state index >= 15 is 0 Å². The van der Waals surface area contributed by atoms with Gasteiger partial charge >= 0.3 is 0 Å². The Balaban J connectivity index is 1.87. The van der Waals surface area contributed by atoms with Crippen LogP contribution in [0.4, 0.5) is 5.69 Å². The number of nitrogens with zero attached hydrogens (tertiary/aromatic N) is 2. The van der Waals surface area contributed by atoms with Gasteiger partial charge in [-0.15, -0.1) is 0 Å². The van der Waals surface area contributed by atoms with Crippen LogP contribution in [0.15, 0.2) is 24.3 Å². The van der Waals surface area contributed by atoms with Crippen molar-refractivity contribution in [3.8, 4) is 5.75 Å². The fraction of sp³-hybridized carbons (Fsp3) is 0.533. The Kier molecular flexibility index (Phi) is 5.71. The molecule has 7 nitrogen and oxygen atoms in total. The zero-order valence-electron chi connectivity index (χ0n) is 12.7. The normalized spacial score (nSPS) is 18.0. The fourth-order valence-corrected chi connectivity index (χ4v) is 2.67. The number of amides is 1. The molecule has 0 aliphatic carbocycles. The predicted molar refractivity (Wildman–Crippen MR) is 81.8 cm³/mol. The Morgan fingerprint density at radius 3 is 3.09 bits per heavy atom. The van der Waals surface area contributed by atoms with Crippen molar-refractivity contribution in [3.63, 3.8) is 0 Å². The molecule has 1 N–H and O–H groups in total.